The Hall–Kier alpha value is -0.0800. The molecule has 0 amide bonds. The summed E-state index contributed by atoms with van der Waals surface area (Å²) in [5.41, 5.74) is 0. The molecule has 1 radical (unpaired) electrons. The minimum atomic E-state index is -0.405. The third-order valence-corrected chi connectivity index (χ3v) is 1.13. The van der Waals surface area contributed by atoms with Crippen molar-refractivity contribution in [2.75, 3.05) is 7.11 Å². The Bertz CT molecular complexity index is 48.5. The topological polar surface area (TPSA) is 29.5 Å². The largest absolute Gasteiger partial charge is 0.391 e. The maximum atomic E-state index is 8.85. The van der Waals surface area contributed by atoms with Crippen molar-refractivity contribution in [1.29, 1.82) is 0 Å². The predicted molar refractivity (Wildman–Crippen MR) is 32.5 cm³/mol. The molecular weight excluding hydrogens is 104 g/mol. The van der Waals surface area contributed by atoms with Gasteiger partial charge in [0.05, 0.1) is 12.2 Å². The molecule has 0 rings (SSSR count). The predicted octanol–water partition coefficient (Wildman–Crippen LogP) is 0.606. The molecule has 0 saturated heterocycles. The van der Waals surface area contributed by atoms with Crippen LogP contribution in [0.3, 0.4) is 0 Å². The third-order valence-electron chi connectivity index (χ3n) is 1.13. The van der Waals surface area contributed by atoms with Gasteiger partial charge in [0.25, 0.3) is 0 Å². The molecule has 8 heavy (non-hydrogen) atoms. The monoisotopic (exact) mass is 117 g/mol. The normalized spacial score (nSPS) is 18.0. The van der Waals surface area contributed by atoms with Crippen LogP contribution in [0.1, 0.15) is 13.3 Å². The van der Waals surface area contributed by atoms with Gasteiger partial charge in [-0.1, -0.05) is 6.92 Å². The van der Waals surface area contributed by atoms with E-state index in [0.29, 0.717) is 6.42 Å². The van der Waals surface area contributed by atoms with E-state index in [-0.39, 0.29) is 6.10 Å². The highest BCUT2D eigenvalue weighted by atomic mass is 16.5. The van der Waals surface area contributed by atoms with Crippen LogP contribution in [0.4, 0.5) is 0 Å². The second kappa shape index (κ2) is 3.87. The zero-order valence-electron chi connectivity index (χ0n) is 5.42. The molecule has 0 heterocycles. The fourth-order valence-corrected chi connectivity index (χ4v) is 0.556. The maximum Gasteiger partial charge on any atom is 0.0827 e. The lowest BCUT2D eigenvalue weighted by Gasteiger charge is -2.14. The lowest BCUT2D eigenvalue weighted by Crippen LogP contribution is -2.23. The SMILES string of the molecule is [CH2]CC(OC)C(C)O. The second-order valence-electron chi connectivity index (χ2n) is 1.80. The standard InChI is InChI=1S/C6H13O2/c1-4-6(8-3)5(2)7/h5-7H,1,4H2,2-3H3. The number of hydrogen-bond donors (Lipinski definition) is 1. The van der Waals surface area contributed by atoms with Gasteiger partial charge in [-0.25, -0.2) is 0 Å². The van der Waals surface area contributed by atoms with E-state index in [0.717, 1.165) is 0 Å². The zero-order valence-corrected chi connectivity index (χ0v) is 5.42. The molecule has 0 aliphatic rings. The van der Waals surface area contributed by atoms with Gasteiger partial charge < -0.3 is 9.84 Å². The molecule has 0 aromatic heterocycles. The molecule has 1 N–H and O–H groups in total. The molecule has 0 spiro atoms. The van der Waals surface area contributed by atoms with Crippen molar-refractivity contribution < 1.29 is 9.84 Å². The van der Waals surface area contributed by atoms with E-state index in [4.69, 9.17) is 9.84 Å². The van der Waals surface area contributed by atoms with Crippen LogP contribution in [0.15, 0.2) is 0 Å². The first-order valence-electron chi connectivity index (χ1n) is 2.72. The molecule has 0 aromatic carbocycles. The van der Waals surface area contributed by atoms with Crippen molar-refractivity contribution in [3.63, 3.8) is 0 Å². The van der Waals surface area contributed by atoms with Gasteiger partial charge in [0.15, 0.2) is 0 Å². The molecule has 0 fully saturated rings. The minimum Gasteiger partial charge on any atom is -0.391 e. The number of rotatable bonds is 3. The Balaban J connectivity index is 3.35. The molecule has 2 nitrogen and oxygen atoms in total. The summed E-state index contributed by atoms with van der Waals surface area (Å²) in [5.74, 6) is 0. The summed E-state index contributed by atoms with van der Waals surface area (Å²) >= 11 is 0. The molecule has 0 bridgehead atoms. The summed E-state index contributed by atoms with van der Waals surface area (Å²) in [7, 11) is 1.57. The van der Waals surface area contributed by atoms with Crippen molar-refractivity contribution in [3.8, 4) is 0 Å². The van der Waals surface area contributed by atoms with Crippen molar-refractivity contribution in [1.82, 2.24) is 0 Å². The Morgan fingerprint density at radius 1 is 1.75 bits per heavy atom. The van der Waals surface area contributed by atoms with E-state index < -0.39 is 6.10 Å². The molecule has 49 valence electrons. The van der Waals surface area contributed by atoms with Crippen molar-refractivity contribution in [2.24, 2.45) is 0 Å². The number of aliphatic hydroxyl groups excluding tert-OH is 1. The lowest BCUT2D eigenvalue weighted by molar-refractivity contribution is -0.000136. The van der Waals surface area contributed by atoms with E-state index in [9.17, 15) is 0 Å². The minimum absolute atomic E-state index is 0.102. The van der Waals surface area contributed by atoms with E-state index in [1.165, 1.54) is 0 Å². The van der Waals surface area contributed by atoms with Crippen LogP contribution in [0.2, 0.25) is 0 Å². The maximum absolute atomic E-state index is 8.85. The molecule has 0 saturated carbocycles. The average molecular weight is 117 g/mol. The molecule has 2 unspecified atom stereocenters. The third kappa shape index (κ3) is 2.28. The summed E-state index contributed by atoms with van der Waals surface area (Å²) < 4.78 is 4.85. The summed E-state index contributed by atoms with van der Waals surface area (Å²) in [6.07, 6.45) is 0.112. The number of hydrogen-bond acceptors (Lipinski definition) is 2. The van der Waals surface area contributed by atoms with Gasteiger partial charge in [0.1, 0.15) is 0 Å². The van der Waals surface area contributed by atoms with Gasteiger partial charge in [-0.15, -0.1) is 0 Å². The fourth-order valence-electron chi connectivity index (χ4n) is 0.556. The van der Waals surface area contributed by atoms with Gasteiger partial charge in [-0.2, -0.15) is 0 Å². The van der Waals surface area contributed by atoms with Crippen LogP contribution < -0.4 is 0 Å². The quantitative estimate of drug-likeness (QED) is 0.586. The first kappa shape index (κ1) is 7.92. The van der Waals surface area contributed by atoms with E-state index in [1.807, 2.05) is 0 Å². The highest BCUT2D eigenvalue weighted by Crippen LogP contribution is 2.00. The molecule has 2 atom stereocenters. The summed E-state index contributed by atoms with van der Waals surface area (Å²) in [6, 6.07) is 0. The average Bonchev–Trinajstić information content (AvgIpc) is 1.69. The van der Waals surface area contributed by atoms with Crippen LogP contribution in [0.5, 0.6) is 0 Å². The summed E-state index contributed by atoms with van der Waals surface area (Å²) in [6.45, 7) is 5.29. The Morgan fingerprint density at radius 3 is 2.25 bits per heavy atom. The van der Waals surface area contributed by atoms with Crippen LogP contribution >= 0.6 is 0 Å². The first-order chi connectivity index (χ1) is 3.72. The zero-order chi connectivity index (χ0) is 6.57. The molecule has 0 aromatic rings. The number of ether oxygens (including phenoxy) is 1. The lowest BCUT2D eigenvalue weighted by atomic mass is 10.2. The van der Waals surface area contributed by atoms with Gasteiger partial charge in [0, 0.05) is 7.11 Å². The number of aliphatic hydroxyl groups is 1. The van der Waals surface area contributed by atoms with E-state index in [1.54, 1.807) is 14.0 Å². The Morgan fingerprint density at radius 2 is 2.25 bits per heavy atom. The van der Waals surface area contributed by atoms with Crippen molar-refractivity contribution in [3.05, 3.63) is 6.92 Å². The molecule has 0 aliphatic heterocycles. The van der Waals surface area contributed by atoms with Gasteiger partial charge in [0.2, 0.25) is 0 Å². The highest BCUT2D eigenvalue weighted by Gasteiger charge is 2.09. The molecule has 0 aliphatic carbocycles. The van der Waals surface area contributed by atoms with Crippen LogP contribution in [-0.2, 0) is 4.74 Å². The van der Waals surface area contributed by atoms with Gasteiger partial charge in [-0.3, -0.25) is 0 Å². The van der Waals surface area contributed by atoms with Crippen LogP contribution in [-0.4, -0.2) is 24.4 Å². The van der Waals surface area contributed by atoms with Crippen LogP contribution in [0.25, 0.3) is 0 Å². The Labute approximate surface area is 50.5 Å². The first-order valence-corrected chi connectivity index (χ1v) is 2.72. The second-order valence-corrected chi connectivity index (χ2v) is 1.80. The smallest absolute Gasteiger partial charge is 0.0827 e. The van der Waals surface area contributed by atoms with E-state index in [2.05, 4.69) is 6.92 Å². The fraction of sp³-hybridized carbons (Fsp3) is 0.833. The van der Waals surface area contributed by atoms with Gasteiger partial charge in [-0.05, 0) is 13.3 Å². The summed E-state index contributed by atoms with van der Waals surface area (Å²) in [5, 5.41) is 8.85. The Kier molecular flexibility index (Phi) is 3.83. The number of methoxy groups -OCH3 is 1. The summed E-state index contributed by atoms with van der Waals surface area (Å²) in [4.78, 5) is 0. The molecule has 2 heteroatoms. The van der Waals surface area contributed by atoms with Crippen molar-refractivity contribution >= 4 is 0 Å². The van der Waals surface area contributed by atoms with Crippen molar-refractivity contribution in [2.45, 2.75) is 25.6 Å². The highest BCUT2D eigenvalue weighted by molar-refractivity contribution is 4.63. The van der Waals surface area contributed by atoms with E-state index >= 15 is 0 Å². The van der Waals surface area contributed by atoms with Crippen LogP contribution in [0, 0.1) is 6.92 Å². The van der Waals surface area contributed by atoms with Gasteiger partial charge >= 0.3 is 0 Å². The molecular formula is C6H13O2.